The Balaban J connectivity index is 2.50. The summed E-state index contributed by atoms with van der Waals surface area (Å²) in [6.07, 6.45) is 3.18. The second kappa shape index (κ2) is 5.39. The normalized spacial score (nSPS) is 24.0. The van der Waals surface area contributed by atoms with Crippen LogP contribution in [0.3, 0.4) is 0 Å². The molecule has 1 fully saturated rings. The number of thioether (sulfide) groups is 1. The van der Waals surface area contributed by atoms with Crippen molar-refractivity contribution in [3.8, 4) is 0 Å². The van der Waals surface area contributed by atoms with Crippen molar-refractivity contribution in [3.05, 3.63) is 0 Å². The second-order valence-electron chi connectivity index (χ2n) is 3.50. The van der Waals surface area contributed by atoms with Crippen molar-refractivity contribution in [2.45, 2.75) is 31.4 Å². The van der Waals surface area contributed by atoms with E-state index in [0.29, 0.717) is 0 Å². The first kappa shape index (κ1) is 11.6. The van der Waals surface area contributed by atoms with Gasteiger partial charge in [-0.2, -0.15) is 11.8 Å². The zero-order valence-electron chi connectivity index (χ0n) is 8.62. The second-order valence-corrected chi connectivity index (χ2v) is 4.81. The van der Waals surface area contributed by atoms with Crippen LogP contribution in [0.2, 0.25) is 0 Å². The minimum Gasteiger partial charge on any atom is -0.468 e. The average molecular weight is 216 g/mol. The number of hydrogen-bond donors (Lipinski definition) is 0. The van der Waals surface area contributed by atoms with Crippen LogP contribution in [0.5, 0.6) is 0 Å². The number of esters is 1. The van der Waals surface area contributed by atoms with E-state index in [-0.39, 0.29) is 11.0 Å². The van der Waals surface area contributed by atoms with Gasteiger partial charge in [-0.05, 0) is 25.5 Å². The van der Waals surface area contributed by atoms with Crippen molar-refractivity contribution >= 4 is 23.5 Å². The van der Waals surface area contributed by atoms with Gasteiger partial charge in [0.2, 0.25) is 0 Å². The molecule has 0 aromatic carbocycles. The van der Waals surface area contributed by atoms with E-state index in [9.17, 15) is 9.59 Å². The van der Waals surface area contributed by atoms with Gasteiger partial charge in [0.1, 0.15) is 5.92 Å². The van der Waals surface area contributed by atoms with Gasteiger partial charge in [-0.3, -0.25) is 9.59 Å². The molecule has 2 atom stereocenters. The number of carbonyl (C=O) groups excluding carboxylic acids is 2. The molecule has 2 unspecified atom stereocenters. The highest BCUT2D eigenvalue weighted by molar-refractivity contribution is 8.00. The maximum Gasteiger partial charge on any atom is 0.315 e. The summed E-state index contributed by atoms with van der Waals surface area (Å²) in [6, 6.07) is 0. The lowest BCUT2D eigenvalue weighted by Gasteiger charge is -2.21. The lowest BCUT2D eigenvalue weighted by molar-refractivity contribution is -0.148. The van der Waals surface area contributed by atoms with E-state index in [1.165, 1.54) is 13.5 Å². The zero-order valence-corrected chi connectivity index (χ0v) is 9.43. The summed E-state index contributed by atoms with van der Waals surface area (Å²) >= 11 is 1.67. The Bertz CT molecular complexity index is 221. The number of carbonyl (C=O) groups is 2. The van der Waals surface area contributed by atoms with Crippen LogP contribution >= 0.6 is 11.8 Å². The van der Waals surface area contributed by atoms with Crippen LogP contribution in [0.4, 0.5) is 0 Å². The molecular weight excluding hydrogens is 200 g/mol. The summed E-state index contributed by atoms with van der Waals surface area (Å²) in [6.45, 7) is 1.63. The lowest BCUT2D eigenvalue weighted by Crippen LogP contribution is -2.31. The molecule has 0 aromatic heterocycles. The molecule has 4 heteroatoms. The van der Waals surface area contributed by atoms with Crippen molar-refractivity contribution in [1.82, 2.24) is 0 Å². The number of hydrogen-bond acceptors (Lipinski definition) is 4. The van der Waals surface area contributed by atoms with E-state index in [1.807, 2.05) is 0 Å². The van der Waals surface area contributed by atoms with E-state index in [4.69, 9.17) is 0 Å². The van der Waals surface area contributed by atoms with Gasteiger partial charge < -0.3 is 4.74 Å². The molecular formula is C10H16O3S. The van der Waals surface area contributed by atoms with Gasteiger partial charge in [0.15, 0.2) is 5.78 Å². The molecule has 80 valence electrons. The molecule has 0 saturated carbocycles. The van der Waals surface area contributed by atoms with Crippen LogP contribution in [0.15, 0.2) is 0 Å². The number of ketones is 1. The molecule has 14 heavy (non-hydrogen) atoms. The summed E-state index contributed by atoms with van der Waals surface area (Å²) in [7, 11) is 1.32. The first-order valence-electron chi connectivity index (χ1n) is 4.90. The third kappa shape index (κ3) is 2.74. The van der Waals surface area contributed by atoms with Gasteiger partial charge >= 0.3 is 5.97 Å². The van der Waals surface area contributed by atoms with E-state index in [1.54, 1.807) is 18.7 Å². The van der Waals surface area contributed by atoms with Crippen LogP contribution in [-0.4, -0.2) is 29.9 Å². The fourth-order valence-electron chi connectivity index (χ4n) is 1.54. The molecule has 0 radical (unpaired) electrons. The smallest absolute Gasteiger partial charge is 0.315 e. The van der Waals surface area contributed by atoms with Crippen molar-refractivity contribution in [1.29, 1.82) is 0 Å². The maximum absolute atomic E-state index is 11.8. The Kier molecular flexibility index (Phi) is 4.45. The van der Waals surface area contributed by atoms with E-state index in [2.05, 4.69) is 4.74 Å². The SMILES string of the molecule is COC(=O)C(C)C(=O)C1CCCCS1. The average Bonchev–Trinajstić information content (AvgIpc) is 2.27. The van der Waals surface area contributed by atoms with Crippen molar-refractivity contribution in [2.24, 2.45) is 5.92 Å². The molecule has 0 bridgehead atoms. The van der Waals surface area contributed by atoms with Crippen molar-refractivity contribution in [3.63, 3.8) is 0 Å². The van der Waals surface area contributed by atoms with E-state index in [0.717, 1.165) is 18.6 Å². The summed E-state index contributed by atoms with van der Waals surface area (Å²) in [5.74, 6) is 0.0444. The Morgan fingerprint density at radius 1 is 1.43 bits per heavy atom. The summed E-state index contributed by atoms with van der Waals surface area (Å²) in [5.41, 5.74) is 0. The number of ether oxygens (including phenoxy) is 1. The lowest BCUT2D eigenvalue weighted by atomic mass is 10.0. The molecule has 0 N–H and O–H groups in total. The van der Waals surface area contributed by atoms with Crippen LogP contribution in [-0.2, 0) is 14.3 Å². The Hall–Kier alpha value is -0.510. The zero-order chi connectivity index (χ0) is 10.6. The highest BCUT2D eigenvalue weighted by Crippen LogP contribution is 2.27. The number of Topliss-reactive ketones (excluding diaryl/α,β-unsaturated/α-hetero) is 1. The molecule has 0 amide bonds. The highest BCUT2D eigenvalue weighted by atomic mass is 32.2. The van der Waals surface area contributed by atoms with Crippen molar-refractivity contribution < 1.29 is 14.3 Å². The predicted octanol–water partition coefficient (Wildman–Crippen LogP) is 1.65. The molecule has 3 nitrogen and oxygen atoms in total. The standard InChI is InChI=1S/C10H16O3S/c1-7(10(12)13-2)9(11)8-5-3-4-6-14-8/h7-8H,3-6H2,1-2H3. The van der Waals surface area contributed by atoms with Gasteiger partial charge in [0.25, 0.3) is 0 Å². The quantitative estimate of drug-likeness (QED) is 0.531. The van der Waals surface area contributed by atoms with Crippen molar-refractivity contribution in [2.75, 3.05) is 12.9 Å². The summed E-state index contributed by atoms with van der Waals surface area (Å²) < 4.78 is 4.55. The fraction of sp³-hybridized carbons (Fsp3) is 0.800. The Labute approximate surface area is 88.6 Å². The first-order valence-corrected chi connectivity index (χ1v) is 5.95. The maximum atomic E-state index is 11.8. The van der Waals surface area contributed by atoms with Crippen LogP contribution in [0.25, 0.3) is 0 Å². The van der Waals surface area contributed by atoms with Gasteiger partial charge in [-0.25, -0.2) is 0 Å². The van der Waals surface area contributed by atoms with Crippen LogP contribution < -0.4 is 0 Å². The van der Waals surface area contributed by atoms with Gasteiger partial charge in [-0.15, -0.1) is 0 Å². The molecule has 1 aliphatic rings. The molecule has 0 aliphatic carbocycles. The molecule has 1 saturated heterocycles. The Morgan fingerprint density at radius 2 is 2.14 bits per heavy atom. The number of rotatable bonds is 3. The third-order valence-electron chi connectivity index (χ3n) is 2.48. The van der Waals surface area contributed by atoms with E-state index < -0.39 is 11.9 Å². The molecule has 1 heterocycles. The fourth-order valence-corrected chi connectivity index (χ4v) is 2.89. The largest absolute Gasteiger partial charge is 0.468 e. The van der Waals surface area contributed by atoms with Gasteiger partial charge in [0, 0.05) is 0 Å². The van der Waals surface area contributed by atoms with Crippen LogP contribution in [0.1, 0.15) is 26.2 Å². The minimum absolute atomic E-state index is 0.0119. The van der Waals surface area contributed by atoms with Gasteiger partial charge in [-0.1, -0.05) is 6.42 Å². The summed E-state index contributed by atoms with van der Waals surface area (Å²) in [5, 5.41) is 0.0119. The molecule has 0 aromatic rings. The predicted molar refractivity (Wildman–Crippen MR) is 56.3 cm³/mol. The highest BCUT2D eigenvalue weighted by Gasteiger charge is 2.30. The molecule has 0 spiro atoms. The number of methoxy groups -OCH3 is 1. The van der Waals surface area contributed by atoms with Gasteiger partial charge in [0.05, 0.1) is 12.4 Å². The van der Waals surface area contributed by atoms with Crippen LogP contribution in [0, 0.1) is 5.92 Å². The molecule has 1 aliphatic heterocycles. The van der Waals surface area contributed by atoms with E-state index >= 15 is 0 Å². The Morgan fingerprint density at radius 3 is 2.64 bits per heavy atom. The first-order chi connectivity index (χ1) is 6.66. The monoisotopic (exact) mass is 216 g/mol. The molecule has 1 rings (SSSR count). The minimum atomic E-state index is -0.601. The summed E-state index contributed by atoms with van der Waals surface area (Å²) in [4.78, 5) is 22.9. The third-order valence-corrected chi connectivity index (χ3v) is 3.87. The topological polar surface area (TPSA) is 43.4 Å².